The number of nitrogens with one attached hydrogen (secondary N) is 1. The van der Waals surface area contributed by atoms with Gasteiger partial charge in [0.1, 0.15) is 17.2 Å². The first-order valence-electron chi connectivity index (χ1n) is 9.00. The number of amides is 1. The van der Waals surface area contributed by atoms with Crippen LogP contribution in [0.4, 0.5) is 8.78 Å². The zero-order chi connectivity index (χ0) is 20.1. The fourth-order valence-corrected chi connectivity index (χ4v) is 3.09. The van der Waals surface area contributed by atoms with E-state index in [0.29, 0.717) is 0 Å². The van der Waals surface area contributed by atoms with Crippen LogP contribution in [-0.2, 0) is 13.1 Å². The highest BCUT2D eigenvalue weighted by Gasteiger charge is 2.17. The van der Waals surface area contributed by atoms with E-state index >= 15 is 0 Å². The first-order valence-corrected chi connectivity index (χ1v) is 9.00. The van der Waals surface area contributed by atoms with Crippen molar-refractivity contribution < 1.29 is 13.6 Å². The minimum atomic E-state index is -0.873. The SMILES string of the molecule is CN(C)Cc1ccc(-c2ccccc2CNC(=O)c2c(F)cccc2F)cc1. The molecule has 0 spiro atoms. The van der Waals surface area contributed by atoms with Gasteiger partial charge in [-0.25, -0.2) is 8.78 Å². The topological polar surface area (TPSA) is 32.3 Å². The lowest BCUT2D eigenvalue weighted by atomic mass is 9.98. The normalized spacial score (nSPS) is 10.9. The van der Waals surface area contributed by atoms with Gasteiger partial charge >= 0.3 is 0 Å². The molecule has 0 saturated carbocycles. The van der Waals surface area contributed by atoms with Gasteiger partial charge in [0.2, 0.25) is 0 Å². The lowest BCUT2D eigenvalue weighted by Gasteiger charge is -2.13. The lowest BCUT2D eigenvalue weighted by Crippen LogP contribution is -2.25. The molecular formula is C23H22F2N2O. The van der Waals surface area contributed by atoms with Crippen molar-refractivity contribution in [3.05, 3.63) is 95.1 Å². The zero-order valence-electron chi connectivity index (χ0n) is 15.9. The van der Waals surface area contributed by atoms with Crippen LogP contribution in [0.5, 0.6) is 0 Å². The Labute approximate surface area is 163 Å². The van der Waals surface area contributed by atoms with E-state index in [1.165, 1.54) is 11.6 Å². The highest BCUT2D eigenvalue weighted by atomic mass is 19.1. The summed E-state index contributed by atoms with van der Waals surface area (Å²) in [6, 6.07) is 19.2. The summed E-state index contributed by atoms with van der Waals surface area (Å²) in [6.07, 6.45) is 0. The van der Waals surface area contributed by atoms with E-state index in [1.807, 2.05) is 50.5 Å². The van der Waals surface area contributed by atoms with Crippen molar-refractivity contribution in [2.24, 2.45) is 0 Å². The monoisotopic (exact) mass is 380 g/mol. The van der Waals surface area contributed by atoms with Gasteiger partial charge in [-0.3, -0.25) is 4.79 Å². The van der Waals surface area contributed by atoms with Crippen LogP contribution < -0.4 is 5.32 Å². The smallest absolute Gasteiger partial charge is 0.257 e. The van der Waals surface area contributed by atoms with Crippen LogP contribution in [0.3, 0.4) is 0 Å². The maximum atomic E-state index is 13.8. The summed E-state index contributed by atoms with van der Waals surface area (Å²) in [5.41, 5.74) is 3.49. The quantitative estimate of drug-likeness (QED) is 0.677. The van der Waals surface area contributed by atoms with Gasteiger partial charge in [0.15, 0.2) is 0 Å². The number of hydrogen-bond donors (Lipinski definition) is 1. The minimum absolute atomic E-state index is 0.169. The summed E-state index contributed by atoms with van der Waals surface area (Å²) in [7, 11) is 4.04. The fourth-order valence-electron chi connectivity index (χ4n) is 3.09. The number of nitrogens with zero attached hydrogens (tertiary/aromatic N) is 1. The molecule has 28 heavy (non-hydrogen) atoms. The highest BCUT2D eigenvalue weighted by Crippen LogP contribution is 2.24. The Morgan fingerprint density at radius 1 is 0.893 bits per heavy atom. The summed E-state index contributed by atoms with van der Waals surface area (Å²) in [4.78, 5) is 14.4. The van der Waals surface area contributed by atoms with Crippen molar-refractivity contribution in [2.75, 3.05) is 14.1 Å². The molecule has 0 radical (unpaired) electrons. The Balaban J connectivity index is 1.78. The van der Waals surface area contributed by atoms with Crippen LogP contribution in [-0.4, -0.2) is 24.9 Å². The van der Waals surface area contributed by atoms with E-state index in [1.54, 1.807) is 0 Å². The largest absolute Gasteiger partial charge is 0.348 e. The summed E-state index contributed by atoms with van der Waals surface area (Å²) >= 11 is 0. The van der Waals surface area contributed by atoms with Crippen molar-refractivity contribution >= 4 is 5.91 Å². The average Bonchev–Trinajstić information content (AvgIpc) is 2.67. The number of hydrogen-bond acceptors (Lipinski definition) is 2. The summed E-state index contributed by atoms with van der Waals surface area (Å²) in [5, 5.41) is 2.62. The number of rotatable bonds is 6. The molecule has 3 nitrogen and oxygen atoms in total. The number of carbonyl (C=O) groups is 1. The Morgan fingerprint density at radius 3 is 2.18 bits per heavy atom. The van der Waals surface area contributed by atoms with Gasteiger partial charge < -0.3 is 10.2 Å². The second-order valence-electron chi connectivity index (χ2n) is 6.87. The molecule has 0 aromatic heterocycles. The molecule has 1 N–H and O–H groups in total. The maximum absolute atomic E-state index is 13.8. The molecule has 0 heterocycles. The van der Waals surface area contributed by atoms with E-state index in [-0.39, 0.29) is 6.54 Å². The molecule has 3 aromatic carbocycles. The summed E-state index contributed by atoms with van der Waals surface area (Å²) < 4.78 is 27.6. The first-order chi connectivity index (χ1) is 13.5. The van der Waals surface area contributed by atoms with Gasteiger partial charge in [-0.05, 0) is 48.5 Å². The molecule has 0 bridgehead atoms. The van der Waals surface area contributed by atoms with Crippen LogP contribution in [0.1, 0.15) is 21.5 Å². The Morgan fingerprint density at radius 2 is 1.54 bits per heavy atom. The van der Waals surface area contributed by atoms with Gasteiger partial charge in [-0.15, -0.1) is 0 Å². The molecular weight excluding hydrogens is 358 g/mol. The van der Waals surface area contributed by atoms with E-state index < -0.39 is 23.1 Å². The third kappa shape index (κ3) is 4.61. The van der Waals surface area contributed by atoms with Crippen molar-refractivity contribution in [3.63, 3.8) is 0 Å². The van der Waals surface area contributed by atoms with E-state index in [4.69, 9.17) is 0 Å². The van der Waals surface area contributed by atoms with Gasteiger partial charge in [0, 0.05) is 13.1 Å². The van der Waals surface area contributed by atoms with Crippen molar-refractivity contribution in [1.82, 2.24) is 10.2 Å². The predicted octanol–water partition coefficient (Wildman–Crippen LogP) is 4.62. The molecule has 0 fully saturated rings. The standard InChI is InChI=1S/C23H22F2N2O/c1-27(2)15-16-10-12-17(13-11-16)19-7-4-3-6-18(19)14-26-23(28)22-20(24)8-5-9-21(22)25/h3-13H,14-15H2,1-2H3,(H,26,28). The molecule has 144 valence electrons. The molecule has 0 saturated heterocycles. The molecule has 5 heteroatoms. The van der Waals surface area contributed by atoms with Crippen LogP contribution in [0.15, 0.2) is 66.7 Å². The summed E-state index contributed by atoms with van der Waals surface area (Å²) in [5.74, 6) is -2.52. The summed E-state index contributed by atoms with van der Waals surface area (Å²) in [6.45, 7) is 1.02. The Kier molecular flexibility index (Phi) is 6.16. The molecule has 0 aliphatic rings. The maximum Gasteiger partial charge on any atom is 0.257 e. The molecule has 0 aliphatic heterocycles. The first kappa shape index (κ1) is 19.7. The van der Waals surface area contributed by atoms with Gasteiger partial charge in [-0.1, -0.05) is 54.6 Å². The Bertz CT molecular complexity index is 948. The van der Waals surface area contributed by atoms with Crippen LogP contribution >= 0.6 is 0 Å². The number of carbonyl (C=O) groups excluding carboxylic acids is 1. The molecule has 3 aromatic rings. The van der Waals surface area contributed by atoms with Gasteiger partial charge in [0.25, 0.3) is 5.91 Å². The van der Waals surface area contributed by atoms with E-state index in [9.17, 15) is 13.6 Å². The lowest BCUT2D eigenvalue weighted by molar-refractivity contribution is 0.0942. The average molecular weight is 380 g/mol. The van der Waals surface area contributed by atoms with E-state index in [2.05, 4.69) is 22.3 Å². The second kappa shape index (κ2) is 8.76. The molecule has 1 amide bonds. The fraction of sp³-hybridized carbons (Fsp3) is 0.174. The van der Waals surface area contributed by atoms with Crippen molar-refractivity contribution in [2.45, 2.75) is 13.1 Å². The molecule has 0 atom stereocenters. The van der Waals surface area contributed by atoms with Gasteiger partial charge in [0.05, 0.1) is 0 Å². The number of benzene rings is 3. The second-order valence-corrected chi connectivity index (χ2v) is 6.87. The zero-order valence-corrected chi connectivity index (χ0v) is 15.9. The van der Waals surface area contributed by atoms with Crippen LogP contribution in [0, 0.1) is 11.6 Å². The van der Waals surface area contributed by atoms with Crippen LogP contribution in [0.25, 0.3) is 11.1 Å². The van der Waals surface area contributed by atoms with Crippen molar-refractivity contribution in [3.8, 4) is 11.1 Å². The highest BCUT2D eigenvalue weighted by molar-refractivity contribution is 5.94. The predicted molar refractivity (Wildman–Crippen MR) is 107 cm³/mol. The minimum Gasteiger partial charge on any atom is -0.348 e. The van der Waals surface area contributed by atoms with Crippen molar-refractivity contribution in [1.29, 1.82) is 0 Å². The van der Waals surface area contributed by atoms with Crippen LogP contribution in [0.2, 0.25) is 0 Å². The third-order valence-corrected chi connectivity index (χ3v) is 4.41. The number of halogens is 2. The van der Waals surface area contributed by atoms with E-state index in [0.717, 1.165) is 35.4 Å². The molecule has 0 unspecified atom stereocenters. The molecule has 3 rings (SSSR count). The van der Waals surface area contributed by atoms with Gasteiger partial charge in [-0.2, -0.15) is 0 Å². The Hall–Kier alpha value is -3.05. The third-order valence-electron chi connectivity index (χ3n) is 4.41. The molecule has 0 aliphatic carbocycles.